The third kappa shape index (κ3) is 3.22. The lowest BCUT2D eigenvalue weighted by atomic mass is 9.79. The van der Waals surface area contributed by atoms with Gasteiger partial charge in [-0.25, -0.2) is 4.39 Å². The van der Waals surface area contributed by atoms with Crippen LogP contribution in [-0.2, 0) is 0 Å². The van der Waals surface area contributed by atoms with Gasteiger partial charge in [0.2, 0.25) is 0 Å². The van der Waals surface area contributed by atoms with E-state index in [1.54, 1.807) is 23.3 Å². The van der Waals surface area contributed by atoms with Crippen LogP contribution in [0.3, 0.4) is 0 Å². The maximum Gasteiger partial charge on any atom is 0.123 e. The summed E-state index contributed by atoms with van der Waals surface area (Å²) in [4.78, 5) is 2.29. The van der Waals surface area contributed by atoms with Gasteiger partial charge in [0.1, 0.15) is 5.82 Å². The molecule has 1 fully saturated rings. The molecule has 0 amide bonds. The van der Waals surface area contributed by atoms with Crippen molar-refractivity contribution in [3.05, 3.63) is 53.4 Å². The van der Waals surface area contributed by atoms with Gasteiger partial charge < -0.3 is 4.90 Å². The highest BCUT2D eigenvalue weighted by Crippen LogP contribution is 2.49. The number of nitrogens with zero attached hydrogens (tertiary/aromatic N) is 1. The Labute approximate surface area is 150 Å². The van der Waals surface area contributed by atoms with E-state index in [4.69, 9.17) is 0 Å². The van der Waals surface area contributed by atoms with Crippen LogP contribution in [0.25, 0.3) is 16.3 Å². The Balaban J connectivity index is 0.00000169. The van der Waals surface area contributed by atoms with Crippen LogP contribution in [0.1, 0.15) is 31.2 Å². The molecule has 2 atom stereocenters. The van der Waals surface area contributed by atoms with E-state index in [1.807, 2.05) is 6.07 Å². The van der Waals surface area contributed by atoms with Crippen molar-refractivity contribution in [3.8, 4) is 0 Å². The zero-order valence-corrected chi connectivity index (χ0v) is 15.2. The maximum absolute atomic E-state index is 13.4. The van der Waals surface area contributed by atoms with Crippen molar-refractivity contribution in [2.45, 2.75) is 25.7 Å². The zero-order valence-electron chi connectivity index (χ0n) is 14.4. The lowest BCUT2D eigenvalue weighted by molar-refractivity contribution is 0.413. The van der Waals surface area contributed by atoms with Crippen LogP contribution in [0.2, 0.25) is 0 Å². The second kappa shape index (κ2) is 6.85. The molecule has 2 aliphatic rings. The molecule has 0 spiro atoms. The van der Waals surface area contributed by atoms with E-state index in [1.165, 1.54) is 31.2 Å². The van der Waals surface area contributed by atoms with Crippen molar-refractivity contribution in [2.24, 2.45) is 11.8 Å². The molecule has 2 aromatic carbocycles. The summed E-state index contributed by atoms with van der Waals surface area (Å²) in [7, 11) is 4.31. The van der Waals surface area contributed by atoms with Crippen LogP contribution in [0, 0.1) is 17.7 Å². The number of rotatable bonds is 3. The molecule has 1 nitrogen and oxygen atoms in total. The summed E-state index contributed by atoms with van der Waals surface area (Å²) >= 11 is 0. The van der Waals surface area contributed by atoms with Crippen LogP contribution < -0.4 is 0 Å². The van der Waals surface area contributed by atoms with Gasteiger partial charge in [0, 0.05) is 6.54 Å². The third-order valence-corrected chi connectivity index (χ3v) is 5.49. The second-order valence-corrected chi connectivity index (χ2v) is 7.54. The van der Waals surface area contributed by atoms with Crippen LogP contribution in [0.5, 0.6) is 0 Å². The lowest BCUT2D eigenvalue weighted by Gasteiger charge is -2.29. The smallest absolute Gasteiger partial charge is 0.123 e. The van der Waals surface area contributed by atoms with Crippen molar-refractivity contribution in [1.82, 2.24) is 4.90 Å². The van der Waals surface area contributed by atoms with Gasteiger partial charge in [0.25, 0.3) is 0 Å². The molecule has 3 heteroatoms. The highest BCUT2D eigenvalue weighted by atomic mass is 35.5. The highest BCUT2D eigenvalue weighted by Gasteiger charge is 2.35. The average Bonchev–Trinajstić information content (AvgIpc) is 2.88. The molecule has 1 saturated carbocycles. The summed E-state index contributed by atoms with van der Waals surface area (Å²) in [5.41, 5.74) is 4.56. The minimum Gasteiger partial charge on any atom is -0.305 e. The lowest BCUT2D eigenvalue weighted by Crippen LogP contribution is -2.21. The van der Waals surface area contributed by atoms with Gasteiger partial charge in [-0.15, -0.1) is 12.4 Å². The Morgan fingerprint density at radius 2 is 1.79 bits per heavy atom. The number of likely N-dealkylation sites (N-methyl/N-ethyl adjacent to an activating group) is 1. The molecule has 2 aliphatic carbocycles. The summed E-state index contributed by atoms with van der Waals surface area (Å²) in [5.74, 6) is 1.46. The summed E-state index contributed by atoms with van der Waals surface area (Å²) < 4.78 is 13.4. The third-order valence-electron chi connectivity index (χ3n) is 5.49. The fourth-order valence-electron chi connectivity index (χ4n) is 4.63. The number of fused-ring (bicyclic) bond motifs is 3. The van der Waals surface area contributed by atoms with Gasteiger partial charge >= 0.3 is 0 Å². The molecule has 128 valence electrons. The molecule has 0 aromatic heterocycles. The van der Waals surface area contributed by atoms with Crippen LogP contribution >= 0.6 is 12.4 Å². The molecule has 2 aromatic rings. The van der Waals surface area contributed by atoms with Crippen molar-refractivity contribution >= 4 is 28.8 Å². The molecular formula is C21H25ClFN. The summed E-state index contributed by atoms with van der Waals surface area (Å²) in [6.07, 6.45) is 5.32. The van der Waals surface area contributed by atoms with Gasteiger partial charge in [-0.1, -0.05) is 23.8 Å². The minimum atomic E-state index is -0.158. The van der Waals surface area contributed by atoms with E-state index in [9.17, 15) is 4.39 Å². The Bertz CT molecular complexity index is 781. The quantitative estimate of drug-likeness (QED) is 0.706. The first-order valence-corrected chi connectivity index (χ1v) is 8.66. The van der Waals surface area contributed by atoms with E-state index in [0.29, 0.717) is 0 Å². The van der Waals surface area contributed by atoms with E-state index in [0.717, 1.165) is 29.2 Å². The second-order valence-electron chi connectivity index (χ2n) is 7.54. The Morgan fingerprint density at radius 1 is 1.04 bits per heavy atom. The monoisotopic (exact) mass is 345 g/mol. The van der Waals surface area contributed by atoms with Gasteiger partial charge in [-0.05, 0) is 91.7 Å². The van der Waals surface area contributed by atoms with Crippen LogP contribution in [0.15, 0.2) is 42.0 Å². The molecule has 0 radical (unpaired) electrons. The fourth-order valence-corrected chi connectivity index (χ4v) is 4.63. The first-order chi connectivity index (χ1) is 11.1. The summed E-state index contributed by atoms with van der Waals surface area (Å²) in [5, 5.41) is 2.13. The van der Waals surface area contributed by atoms with E-state index in [-0.39, 0.29) is 18.2 Å². The molecule has 0 unspecified atom stereocenters. The number of allylic oxidation sites excluding steroid dienone is 1. The number of benzene rings is 2. The van der Waals surface area contributed by atoms with Gasteiger partial charge in [-0.3, -0.25) is 0 Å². The van der Waals surface area contributed by atoms with E-state index in [2.05, 4.69) is 37.2 Å². The predicted molar refractivity (Wildman–Crippen MR) is 102 cm³/mol. The first-order valence-electron chi connectivity index (χ1n) is 8.66. The van der Waals surface area contributed by atoms with Crippen LogP contribution in [0.4, 0.5) is 4.39 Å². The summed E-state index contributed by atoms with van der Waals surface area (Å²) in [6, 6.07) is 11.6. The topological polar surface area (TPSA) is 3.24 Å². The van der Waals surface area contributed by atoms with E-state index >= 15 is 0 Å². The van der Waals surface area contributed by atoms with Crippen molar-refractivity contribution in [3.63, 3.8) is 0 Å². The fraction of sp³-hybridized carbons (Fsp3) is 0.429. The molecule has 2 bridgehead atoms. The molecule has 0 saturated heterocycles. The molecule has 4 rings (SSSR count). The van der Waals surface area contributed by atoms with Gasteiger partial charge in [-0.2, -0.15) is 0 Å². The van der Waals surface area contributed by atoms with Crippen LogP contribution in [-0.4, -0.2) is 25.5 Å². The maximum atomic E-state index is 13.4. The molecule has 0 aliphatic heterocycles. The van der Waals surface area contributed by atoms with Crippen molar-refractivity contribution in [2.75, 3.05) is 20.6 Å². The zero-order chi connectivity index (χ0) is 16.0. The Kier molecular flexibility index (Phi) is 4.98. The normalized spacial score (nSPS) is 23.0. The van der Waals surface area contributed by atoms with Crippen molar-refractivity contribution < 1.29 is 4.39 Å². The first kappa shape index (κ1) is 17.4. The predicted octanol–water partition coefficient (Wildman–Crippen LogP) is 5.54. The Morgan fingerprint density at radius 3 is 2.58 bits per heavy atom. The Hall–Kier alpha value is -1.38. The largest absolute Gasteiger partial charge is 0.305 e. The van der Waals surface area contributed by atoms with Crippen molar-refractivity contribution in [1.29, 1.82) is 0 Å². The van der Waals surface area contributed by atoms with Gasteiger partial charge in [0.15, 0.2) is 0 Å². The number of hydrogen-bond acceptors (Lipinski definition) is 1. The molecule has 24 heavy (non-hydrogen) atoms. The van der Waals surface area contributed by atoms with E-state index < -0.39 is 0 Å². The molecular weight excluding hydrogens is 321 g/mol. The molecule has 0 heterocycles. The minimum absolute atomic E-state index is 0. The highest BCUT2D eigenvalue weighted by molar-refractivity contribution is 5.87. The number of halogens is 2. The SMILES string of the molecule is CN(C)CC1=C(c2ccc3cc(F)ccc3c2)[C@H]2CC[C@H](C1)C2.Cl. The van der Waals surface area contributed by atoms with Gasteiger partial charge in [0.05, 0.1) is 0 Å². The standard InChI is InChI=1S/C21H24FN.ClH/c1-23(2)13-19-10-14-3-4-17(9-14)21(19)18-6-5-16-12-20(22)8-7-15(16)11-18;/h5-8,11-12,14,17H,3-4,9-10,13H2,1-2H3;1H/t14-,17-;/m0./s1. The number of hydrogen-bond donors (Lipinski definition) is 0. The average molecular weight is 346 g/mol. The molecule has 0 N–H and O–H groups in total. The summed E-state index contributed by atoms with van der Waals surface area (Å²) in [6.45, 7) is 1.06.